The Hall–Kier alpha value is -3.56. The zero-order chi connectivity index (χ0) is 27.4. The zero-order valence-corrected chi connectivity index (χ0v) is 22.7. The van der Waals surface area contributed by atoms with E-state index in [9.17, 15) is 18.0 Å². The summed E-state index contributed by atoms with van der Waals surface area (Å²) in [5, 5.41) is 2.88. The molecule has 0 bridgehead atoms. The number of ether oxygens (including phenoxy) is 1. The molecule has 0 aliphatic heterocycles. The first-order chi connectivity index (χ1) is 18.1. The number of rotatable bonds is 8. The van der Waals surface area contributed by atoms with Crippen LogP contribution >= 0.6 is 15.9 Å². The van der Waals surface area contributed by atoms with Gasteiger partial charge < -0.3 is 19.5 Å². The molecule has 0 aliphatic rings. The molecular formula is C29H27BrF3N3O2. The number of carbonyl (C=O) groups excluding carboxylic acids is 1. The third kappa shape index (κ3) is 5.95. The summed E-state index contributed by atoms with van der Waals surface area (Å²) < 4.78 is 50.5. The average molecular weight is 586 g/mol. The van der Waals surface area contributed by atoms with E-state index >= 15 is 0 Å². The molecule has 5 nitrogen and oxygen atoms in total. The van der Waals surface area contributed by atoms with Crippen LogP contribution in [0.15, 0.2) is 83.3 Å². The Morgan fingerprint density at radius 3 is 2.32 bits per heavy atom. The van der Waals surface area contributed by atoms with Crippen LogP contribution in [0.1, 0.15) is 15.9 Å². The third-order valence-corrected chi connectivity index (χ3v) is 6.58. The van der Waals surface area contributed by atoms with Gasteiger partial charge >= 0.3 is 6.18 Å². The molecule has 0 spiro atoms. The first-order valence-electron chi connectivity index (χ1n) is 11.9. The molecule has 4 rings (SSSR count). The van der Waals surface area contributed by atoms with Gasteiger partial charge in [-0.2, -0.15) is 13.2 Å². The minimum absolute atomic E-state index is 0.0270. The van der Waals surface area contributed by atoms with Crippen molar-refractivity contribution in [2.24, 2.45) is 0 Å². The maximum atomic E-state index is 14.2. The van der Waals surface area contributed by atoms with Gasteiger partial charge in [-0.1, -0.05) is 40.2 Å². The number of hydrogen-bond donors (Lipinski definition) is 1. The van der Waals surface area contributed by atoms with Gasteiger partial charge in [0.1, 0.15) is 5.75 Å². The fraction of sp³-hybridized carbons (Fsp3) is 0.207. The summed E-state index contributed by atoms with van der Waals surface area (Å²) in [6.45, 7) is 1.12. The van der Waals surface area contributed by atoms with Gasteiger partial charge in [-0.3, -0.25) is 4.79 Å². The smallest absolute Gasteiger partial charge is 0.418 e. The molecular weight excluding hydrogens is 559 g/mol. The molecule has 0 fully saturated rings. The second kappa shape index (κ2) is 11.4. The minimum Gasteiger partial charge on any atom is -0.496 e. The normalized spacial score (nSPS) is 11.6. The fourth-order valence-electron chi connectivity index (χ4n) is 4.21. The quantitative estimate of drug-likeness (QED) is 0.245. The lowest BCUT2D eigenvalue weighted by Gasteiger charge is -2.20. The predicted octanol–water partition coefficient (Wildman–Crippen LogP) is 6.89. The maximum Gasteiger partial charge on any atom is 0.418 e. The van der Waals surface area contributed by atoms with Crippen LogP contribution in [-0.4, -0.2) is 49.7 Å². The Kier molecular flexibility index (Phi) is 8.28. The van der Waals surface area contributed by atoms with E-state index in [2.05, 4.69) is 21.2 Å². The van der Waals surface area contributed by atoms with Gasteiger partial charge in [-0.25, -0.2) is 0 Å². The van der Waals surface area contributed by atoms with Crippen LogP contribution in [0.5, 0.6) is 5.75 Å². The molecule has 0 aliphatic carbocycles. The summed E-state index contributed by atoms with van der Waals surface area (Å²) >= 11 is 3.41. The highest BCUT2D eigenvalue weighted by Gasteiger charge is 2.35. The number of amides is 1. The van der Waals surface area contributed by atoms with Crippen molar-refractivity contribution in [2.45, 2.75) is 6.18 Å². The SMILES string of the molecule is COc1ccc(C(=O)NCCN(C)C)cc1-c1ccc(-c2ccc(Br)cc2)n1-c1ccccc1C(F)(F)F. The van der Waals surface area contributed by atoms with E-state index in [1.54, 1.807) is 41.0 Å². The molecule has 0 radical (unpaired) electrons. The van der Waals surface area contributed by atoms with Crippen LogP contribution in [0.25, 0.3) is 28.2 Å². The zero-order valence-electron chi connectivity index (χ0n) is 21.1. The van der Waals surface area contributed by atoms with Crippen molar-refractivity contribution in [1.29, 1.82) is 0 Å². The van der Waals surface area contributed by atoms with Crippen molar-refractivity contribution >= 4 is 21.8 Å². The summed E-state index contributed by atoms with van der Waals surface area (Å²) in [5.41, 5.74) is 1.82. The van der Waals surface area contributed by atoms with Crippen LogP contribution in [0.2, 0.25) is 0 Å². The number of halogens is 4. The summed E-state index contributed by atoms with van der Waals surface area (Å²) in [6, 6.07) is 21.3. The molecule has 0 unspecified atom stereocenters. The van der Waals surface area contributed by atoms with Crippen molar-refractivity contribution in [1.82, 2.24) is 14.8 Å². The van der Waals surface area contributed by atoms with Crippen LogP contribution < -0.4 is 10.1 Å². The van der Waals surface area contributed by atoms with Crippen molar-refractivity contribution in [3.8, 4) is 34.0 Å². The molecule has 198 valence electrons. The molecule has 1 aromatic heterocycles. The molecule has 1 N–H and O–H groups in total. The Labute approximate surface area is 228 Å². The fourth-order valence-corrected chi connectivity index (χ4v) is 4.47. The van der Waals surface area contributed by atoms with Gasteiger partial charge in [0.05, 0.1) is 29.7 Å². The van der Waals surface area contributed by atoms with E-state index in [0.717, 1.165) is 16.1 Å². The van der Waals surface area contributed by atoms with Crippen LogP contribution in [0, 0.1) is 0 Å². The van der Waals surface area contributed by atoms with Crippen LogP contribution in [-0.2, 0) is 6.18 Å². The first-order valence-corrected chi connectivity index (χ1v) is 12.6. The van der Waals surface area contributed by atoms with Crippen molar-refractivity contribution < 1.29 is 22.7 Å². The average Bonchev–Trinajstić information content (AvgIpc) is 3.32. The van der Waals surface area contributed by atoms with E-state index in [4.69, 9.17) is 4.74 Å². The van der Waals surface area contributed by atoms with Gasteiger partial charge in [0, 0.05) is 28.7 Å². The number of methoxy groups -OCH3 is 1. The number of aromatic nitrogens is 1. The molecule has 0 atom stereocenters. The standard InChI is InChI=1S/C29H27BrF3N3O2/c1-35(2)17-16-34-28(37)20-10-15-27(38-3)22(18-20)25-14-13-24(19-8-11-21(30)12-9-19)36(25)26-7-5-4-6-23(26)29(31,32)33/h4-15,18H,16-17H2,1-3H3,(H,34,37). The Morgan fingerprint density at radius 2 is 1.66 bits per heavy atom. The highest BCUT2D eigenvalue weighted by molar-refractivity contribution is 9.10. The van der Waals surface area contributed by atoms with Crippen LogP contribution in [0.4, 0.5) is 13.2 Å². The van der Waals surface area contributed by atoms with E-state index in [0.29, 0.717) is 41.4 Å². The predicted molar refractivity (Wildman–Crippen MR) is 147 cm³/mol. The number of likely N-dealkylation sites (N-methyl/N-ethyl adjacent to an activating group) is 1. The van der Waals surface area contributed by atoms with E-state index < -0.39 is 11.7 Å². The molecule has 0 saturated carbocycles. The molecule has 3 aromatic carbocycles. The number of benzene rings is 3. The molecule has 9 heteroatoms. The monoisotopic (exact) mass is 585 g/mol. The molecule has 0 saturated heterocycles. The van der Waals surface area contributed by atoms with Gasteiger partial charge in [0.25, 0.3) is 5.91 Å². The Balaban J connectivity index is 1.92. The van der Waals surface area contributed by atoms with E-state index in [-0.39, 0.29) is 11.6 Å². The van der Waals surface area contributed by atoms with Gasteiger partial charge in [-0.15, -0.1) is 0 Å². The van der Waals surface area contributed by atoms with Crippen molar-refractivity contribution in [3.63, 3.8) is 0 Å². The Morgan fingerprint density at radius 1 is 0.974 bits per heavy atom. The number of alkyl halides is 3. The highest BCUT2D eigenvalue weighted by Crippen LogP contribution is 2.41. The molecule has 1 heterocycles. The van der Waals surface area contributed by atoms with Crippen molar-refractivity contribution in [2.75, 3.05) is 34.3 Å². The lowest BCUT2D eigenvalue weighted by molar-refractivity contribution is -0.137. The summed E-state index contributed by atoms with van der Waals surface area (Å²) in [5.74, 6) is 0.152. The third-order valence-electron chi connectivity index (χ3n) is 6.05. The topological polar surface area (TPSA) is 46.5 Å². The number of nitrogens with one attached hydrogen (secondary N) is 1. The number of nitrogens with zero attached hydrogens (tertiary/aromatic N) is 2. The lowest BCUT2D eigenvalue weighted by atomic mass is 10.0. The largest absolute Gasteiger partial charge is 0.496 e. The van der Waals surface area contributed by atoms with Gasteiger partial charge in [0.2, 0.25) is 0 Å². The Bertz CT molecular complexity index is 1430. The van der Waals surface area contributed by atoms with E-state index in [1.807, 2.05) is 43.3 Å². The highest BCUT2D eigenvalue weighted by atomic mass is 79.9. The van der Waals surface area contributed by atoms with Crippen molar-refractivity contribution in [3.05, 3.63) is 94.5 Å². The summed E-state index contributed by atoms with van der Waals surface area (Å²) in [4.78, 5) is 14.8. The number of carbonyl (C=O) groups is 1. The summed E-state index contributed by atoms with van der Waals surface area (Å²) in [7, 11) is 5.31. The lowest BCUT2D eigenvalue weighted by Crippen LogP contribution is -2.31. The number of hydrogen-bond acceptors (Lipinski definition) is 3. The molecule has 4 aromatic rings. The molecule has 38 heavy (non-hydrogen) atoms. The van der Waals surface area contributed by atoms with E-state index in [1.165, 1.54) is 19.2 Å². The van der Waals surface area contributed by atoms with Gasteiger partial charge in [0.15, 0.2) is 0 Å². The second-order valence-corrected chi connectivity index (χ2v) is 9.85. The summed E-state index contributed by atoms with van der Waals surface area (Å²) in [6.07, 6.45) is -4.58. The first kappa shape index (κ1) is 27.5. The number of para-hydroxylation sites is 1. The maximum absolute atomic E-state index is 14.2. The second-order valence-electron chi connectivity index (χ2n) is 8.94. The van der Waals surface area contributed by atoms with Gasteiger partial charge in [-0.05, 0) is 74.3 Å². The van der Waals surface area contributed by atoms with Crippen LogP contribution in [0.3, 0.4) is 0 Å². The minimum atomic E-state index is -4.58. The molecule has 1 amide bonds.